The van der Waals surface area contributed by atoms with E-state index in [1.165, 1.54) is 0 Å². The monoisotopic (exact) mass is 310 g/mol. The Hall–Kier alpha value is -1.91. The first-order valence-corrected chi connectivity index (χ1v) is 6.05. The first kappa shape index (κ1) is 17.1. The third-order valence-corrected chi connectivity index (χ3v) is 2.67. The first-order chi connectivity index (χ1) is 9.63. The van der Waals surface area contributed by atoms with Crippen LogP contribution in [-0.4, -0.2) is 12.7 Å². The Bertz CT molecular complexity index is 513. The molecule has 0 saturated carbocycles. The quantitative estimate of drug-likeness (QED) is 0.631. The summed E-state index contributed by atoms with van der Waals surface area (Å²) in [5, 5.41) is 11.5. The van der Waals surface area contributed by atoms with E-state index in [9.17, 15) is 26.3 Å². The Morgan fingerprint density at radius 2 is 1.71 bits per heavy atom. The first-order valence-electron chi connectivity index (χ1n) is 6.05. The SMILES string of the molecule is N#Cc1cc(C(F)(F)F)ccc1NCCCCC(F)(F)F. The summed E-state index contributed by atoms with van der Waals surface area (Å²) in [6, 6.07) is 4.26. The van der Waals surface area contributed by atoms with Gasteiger partial charge < -0.3 is 5.32 Å². The molecule has 0 bridgehead atoms. The number of unbranched alkanes of at least 4 members (excludes halogenated alkanes) is 1. The van der Waals surface area contributed by atoms with E-state index in [4.69, 9.17) is 5.26 Å². The molecule has 0 fully saturated rings. The number of alkyl halides is 6. The van der Waals surface area contributed by atoms with E-state index in [0.717, 1.165) is 12.1 Å². The zero-order valence-electron chi connectivity index (χ0n) is 10.8. The smallest absolute Gasteiger partial charge is 0.384 e. The fraction of sp³-hybridized carbons (Fsp3) is 0.462. The van der Waals surface area contributed by atoms with Crippen LogP contribution in [0.25, 0.3) is 0 Å². The third kappa shape index (κ3) is 5.94. The third-order valence-electron chi connectivity index (χ3n) is 2.67. The molecule has 0 radical (unpaired) electrons. The minimum absolute atomic E-state index is 0.0843. The van der Waals surface area contributed by atoms with Gasteiger partial charge in [-0.2, -0.15) is 31.6 Å². The number of hydrogen-bond donors (Lipinski definition) is 1. The number of nitrogens with one attached hydrogen (secondary N) is 1. The van der Waals surface area contributed by atoms with Gasteiger partial charge in [-0.1, -0.05) is 0 Å². The molecule has 0 unspecified atom stereocenters. The maximum Gasteiger partial charge on any atom is 0.416 e. The molecular weight excluding hydrogens is 298 g/mol. The highest BCUT2D eigenvalue weighted by Gasteiger charge is 2.31. The average molecular weight is 310 g/mol. The molecule has 0 spiro atoms. The Balaban J connectivity index is 2.59. The van der Waals surface area contributed by atoms with Crippen molar-refractivity contribution in [1.82, 2.24) is 0 Å². The van der Waals surface area contributed by atoms with Crippen LogP contribution in [0.2, 0.25) is 0 Å². The molecule has 0 aliphatic rings. The second kappa shape index (κ2) is 6.70. The number of nitriles is 1. The molecule has 0 aromatic heterocycles. The van der Waals surface area contributed by atoms with Crippen molar-refractivity contribution in [1.29, 1.82) is 5.26 Å². The van der Waals surface area contributed by atoms with Crippen molar-refractivity contribution in [2.45, 2.75) is 31.6 Å². The molecule has 1 aromatic rings. The van der Waals surface area contributed by atoms with Crippen LogP contribution < -0.4 is 5.32 Å². The maximum absolute atomic E-state index is 12.5. The van der Waals surface area contributed by atoms with Gasteiger partial charge in [0, 0.05) is 13.0 Å². The summed E-state index contributed by atoms with van der Waals surface area (Å²) in [4.78, 5) is 0. The highest BCUT2D eigenvalue weighted by Crippen LogP contribution is 2.31. The van der Waals surface area contributed by atoms with E-state index in [1.54, 1.807) is 6.07 Å². The number of hydrogen-bond acceptors (Lipinski definition) is 2. The molecular formula is C13H12F6N2. The van der Waals surface area contributed by atoms with E-state index in [0.29, 0.717) is 6.07 Å². The van der Waals surface area contributed by atoms with Gasteiger partial charge in [-0.3, -0.25) is 0 Å². The highest BCUT2D eigenvalue weighted by atomic mass is 19.4. The second-order valence-corrected chi connectivity index (χ2v) is 4.37. The van der Waals surface area contributed by atoms with Crippen molar-refractivity contribution in [2.24, 2.45) is 0 Å². The van der Waals surface area contributed by atoms with Gasteiger partial charge in [-0.05, 0) is 31.0 Å². The van der Waals surface area contributed by atoms with Crippen molar-refractivity contribution in [3.63, 3.8) is 0 Å². The molecule has 21 heavy (non-hydrogen) atoms. The topological polar surface area (TPSA) is 35.8 Å². The molecule has 1 aromatic carbocycles. The summed E-state index contributed by atoms with van der Waals surface area (Å²) >= 11 is 0. The normalized spacial score (nSPS) is 12.0. The highest BCUT2D eigenvalue weighted by molar-refractivity contribution is 5.58. The van der Waals surface area contributed by atoms with Gasteiger partial charge in [-0.25, -0.2) is 0 Å². The molecule has 0 aliphatic heterocycles. The average Bonchev–Trinajstić information content (AvgIpc) is 2.35. The lowest BCUT2D eigenvalue weighted by Crippen LogP contribution is -2.10. The largest absolute Gasteiger partial charge is 0.416 e. The van der Waals surface area contributed by atoms with E-state index in [-0.39, 0.29) is 30.6 Å². The van der Waals surface area contributed by atoms with E-state index >= 15 is 0 Å². The number of anilines is 1. The minimum Gasteiger partial charge on any atom is -0.384 e. The fourth-order valence-electron chi connectivity index (χ4n) is 1.64. The number of benzene rings is 1. The zero-order valence-corrected chi connectivity index (χ0v) is 10.8. The molecule has 2 nitrogen and oxygen atoms in total. The molecule has 1 N–H and O–H groups in total. The maximum atomic E-state index is 12.5. The van der Waals surface area contributed by atoms with Crippen molar-refractivity contribution >= 4 is 5.69 Å². The van der Waals surface area contributed by atoms with Gasteiger partial charge in [0.2, 0.25) is 0 Å². The summed E-state index contributed by atoms with van der Waals surface area (Å²) < 4.78 is 73.1. The van der Waals surface area contributed by atoms with E-state index in [1.807, 2.05) is 0 Å². The van der Waals surface area contributed by atoms with Gasteiger partial charge in [0.25, 0.3) is 0 Å². The predicted molar refractivity (Wildman–Crippen MR) is 64.6 cm³/mol. The van der Waals surface area contributed by atoms with Crippen LogP contribution in [0.3, 0.4) is 0 Å². The Labute approximate surface area is 117 Å². The van der Waals surface area contributed by atoms with Crippen LogP contribution in [0, 0.1) is 11.3 Å². The summed E-state index contributed by atoms with van der Waals surface area (Å²) in [5.41, 5.74) is -0.958. The van der Waals surface area contributed by atoms with Crippen LogP contribution >= 0.6 is 0 Å². The lowest BCUT2D eigenvalue weighted by Gasteiger charge is -2.12. The number of nitrogens with zero attached hydrogens (tertiary/aromatic N) is 1. The number of rotatable bonds is 5. The van der Waals surface area contributed by atoms with Crippen LogP contribution in [-0.2, 0) is 6.18 Å². The van der Waals surface area contributed by atoms with Crippen molar-refractivity contribution in [3.8, 4) is 6.07 Å². The van der Waals surface area contributed by atoms with Gasteiger partial charge in [0.15, 0.2) is 0 Å². The summed E-state index contributed by atoms with van der Waals surface area (Å²) in [7, 11) is 0. The van der Waals surface area contributed by atoms with Gasteiger partial charge in [0.1, 0.15) is 6.07 Å². The molecule has 116 valence electrons. The molecule has 1 rings (SSSR count). The van der Waals surface area contributed by atoms with Crippen molar-refractivity contribution < 1.29 is 26.3 Å². The van der Waals surface area contributed by atoms with Gasteiger partial charge in [0.05, 0.1) is 16.8 Å². The van der Waals surface area contributed by atoms with Crippen molar-refractivity contribution in [2.75, 3.05) is 11.9 Å². The molecule has 0 aliphatic carbocycles. The molecule has 0 amide bonds. The fourth-order valence-corrected chi connectivity index (χ4v) is 1.64. The standard InChI is InChI=1S/C13H12F6N2/c14-12(15,16)5-1-2-6-21-11-4-3-10(13(17,18)19)7-9(11)8-20/h3-4,7,21H,1-2,5-6H2. The van der Waals surface area contributed by atoms with Crippen LogP contribution in [0.4, 0.5) is 32.0 Å². The molecule has 0 heterocycles. The Morgan fingerprint density at radius 1 is 1.05 bits per heavy atom. The second-order valence-electron chi connectivity index (χ2n) is 4.37. The van der Waals surface area contributed by atoms with Gasteiger partial charge in [-0.15, -0.1) is 0 Å². The van der Waals surface area contributed by atoms with E-state index < -0.39 is 24.3 Å². The molecule has 8 heteroatoms. The zero-order chi connectivity index (χ0) is 16.1. The molecule has 0 atom stereocenters. The summed E-state index contributed by atoms with van der Waals surface area (Å²) in [6.07, 6.45) is -9.56. The Morgan fingerprint density at radius 3 is 2.24 bits per heavy atom. The lowest BCUT2D eigenvalue weighted by molar-refractivity contribution is -0.137. The molecule has 0 saturated heterocycles. The number of halogens is 6. The summed E-state index contributed by atoms with van der Waals surface area (Å²) in [5.74, 6) is 0. The Kier molecular flexibility index (Phi) is 5.47. The van der Waals surface area contributed by atoms with Crippen molar-refractivity contribution in [3.05, 3.63) is 29.3 Å². The predicted octanol–water partition coefficient (Wildman–Crippen LogP) is 4.72. The lowest BCUT2D eigenvalue weighted by atomic mass is 10.1. The van der Waals surface area contributed by atoms with Crippen LogP contribution in [0.1, 0.15) is 30.4 Å². The van der Waals surface area contributed by atoms with E-state index in [2.05, 4.69) is 5.32 Å². The van der Waals surface area contributed by atoms with Gasteiger partial charge >= 0.3 is 12.4 Å². The van der Waals surface area contributed by atoms with Crippen LogP contribution in [0.5, 0.6) is 0 Å². The summed E-state index contributed by atoms with van der Waals surface area (Å²) in [6.45, 7) is 0.149. The minimum atomic E-state index is -4.54. The van der Waals surface area contributed by atoms with Crippen LogP contribution in [0.15, 0.2) is 18.2 Å².